The summed E-state index contributed by atoms with van der Waals surface area (Å²) in [5, 5.41) is 19.9. The Morgan fingerprint density at radius 2 is 2.15 bits per heavy atom. The van der Waals surface area contributed by atoms with E-state index in [-0.39, 0.29) is 35.1 Å². The number of carboxylic acids is 1. The summed E-state index contributed by atoms with van der Waals surface area (Å²) in [6, 6.07) is 0. The Hall–Kier alpha value is -3.46. The maximum Gasteiger partial charge on any atom is 0.352 e. The van der Waals surface area contributed by atoms with Crippen LogP contribution < -0.4 is 10.6 Å². The van der Waals surface area contributed by atoms with Crippen molar-refractivity contribution in [1.29, 1.82) is 0 Å². The van der Waals surface area contributed by atoms with Crippen molar-refractivity contribution in [2.75, 3.05) is 19.0 Å². The molecule has 1 unspecified atom stereocenters. The summed E-state index contributed by atoms with van der Waals surface area (Å²) in [6.45, 7) is 2.26. The lowest BCUT2D eigenvalue weighted by Crippen LogP contribution is -2.61. The molecule has 182 valence electrons. The minimum Gasteiger partial charge on any atom is -0.477 e. The number of anilines is 1. The molecule has 1 aromatic heterocycles. The van der Waals surface area contributed by atoms with Gasteiger partial charge in [0, 0.05) is 24.3 Å². The molecular formula is C19H21N5O8S2. The predicted molar refractivity (Wildman–Crippen MR) is 120 cm³/mol. The largest absolute Gasteiger partial charge is 0.477 e. The van der Waals surface area contributed by atoms with Gasteiger partial charge in [-0.3, -0.25) is 24.1 Å². The van der Waals surface area contributed by atoms with Crippen LogP contribution in [0.5, 0.6) is 0 Å². The van der Waals surface area contributed by atoms with Crippen molar-refractivity contribution in [2.45, 2.75) is 36.9 Å². The van der Waals surface area contributed by atoms with E-state index >= 15 is 0 Å². The number of β-lactam (4-membered cyclic amide) rings is 1. The van der Waals surface area contributed by atoms with Crippen molar-refractivity contribution in [3.63, 3.8) is 0 Å². The first-order valence-corrected chi connectivity index (χ1v) is 11.6. The van der Waals surface area contributed by atoms with Crippen molar-refractivity contribution >= 4 is 64.1 Å². The van der Waals surface area contributed by atoms with Gasteiger partial charge in [0.1, 0.15) is 25.6 Å². The molecule has 3 N–H and O–H groups in total. The molecule has 0 spiro atoms. The van der Waals surface area contributed by atoms with E-state index in [0.717, 1.165) is 41.1 Å². The fourth-order valence-corrected chi connectivity index (χ4v) is 5.80. The van der Waals surface area contributed by atoms with Crippen LogP contribution in [0.1, 0.15) is 32.4 Å². The molecule has 34 heavy (non-hydrogen) atoms. The second kappa shape index (κ2) is 10.2. The minimum atomic E-state index is -1.66. The SMILES string of the molecule is CCC(=O)Nc1nc(C2(NC(=O)C=NOC)S[C@@H]3CC(=O)N3C(C(=O)O)=C2COC(C)=O)cs1. The molecule has 3 heterocycles. The third kappa shape index (κ3) is 4.89. The van der Waals surface area contributed by atoms with Gasteiger partial charge in [0.05, 0.1) is 17.5 Å². The average molecular weight is 512 g/mol. The van der Waals surface area contributed by atoms with Crippen LogP contribution in [0.2, 0.25) is 0 Å². The number of amides is 3. The first-order chi connectivity index (χ1) is 16.1. The summed E-state index contributed by atoms with van der Waals surface area (Å²) < 4.78 is 5.12. The normalized spacial score (nSPS) is 21.6. The van der Waals surface area contributed by atoms with Crippen molar-refractivity contribution in [1.82, 2.24) is 15.2 Å². The molecule has 15 heteroatoms. The number of hydrogen-bond donors (Lipinski definition) is 3. The van der Waals surface area contributed by atoms with Crippen LogP contribution in [-0.4, -0.2) is 70.0 Å². The molecule has 1 aromatic rings. The number of carboxylic acid groups (broad SMARTS) is 1. The molecule has 2 atom stereocenters. The Morgan fingerprint density at radius 3 is 2.74 bits per heavy atom. The Kier molecular flexibility index (Phi) is 7.56. The number of carbonyl (C=O) groups excluding carboxylic acids is 4. The monoisotopic (exact) mass is 511 g/mol. The van der Waals surface area contributed by atoms with Crippen molar-refractivity contribution in [2.24, 2.45) is 5.16 Å². The van der Waals surface area contributed by atoms with Crippen LogP contribution in [0.25, 0.3) is 0 Å². The number of nitrogens with zero attached hydrogens (tertiary/aromatic N) is 3. The van der Waals surface area contributed by atoms with E-state index in [1.807, 2.05) is 0 Å². The van der Waals surface area contributed by atoms with Crippen LogP contribution in [0.3, 0.4) is 0 Å². The predicted octanol–water partition coefficient (Wildman–Crippen LogP) is 0.600. The van der Waals surface area contributed by atoms with Crippen molar-refractivity contribution < 1.29 is 38.7 Å². The van der Waals surface area contributed by atoms with Gasteiger partial charge in [-0.05, 0) is 0 Å². The summed E-state index contributed by atoms with van der Waals surface area (Å²) in [4.78, 5) is 69.0. The van der Waals surface area contributed by atoms with Gasteiger partial charge in [0.15, 0.2) is 10.0 Å². The number of esters is 1. The molecule has 3 amide bonds. The highest BCUT2D eigenvalue weighted by molar-refractivity contribution is 8.01. The number of carbonyl (C=O) groups is 5. The Bertz CT molecular complexity index is 1100. The number of thioether (sulfide) groups is 1. The first-order valence-electron chi connectivity index (χ1n) is 9.87. The van der Waals surface area contributed by atoms with E-state index < -0.39 is 46.3 Å². The van der Waals surface area contributed by atoms with E-state index in [9.17, 15) is 29.1 Å². The fourth-order valence-electron chi connectivity index (χ4n) is 3.30. The van der Waals surface area contributed by atoms with Gasteiger partial charge in [-0.25, -0.2) is 9.78 Å². The van der Waals surface area contributed by atoms with Crippen LogP contribution in [0, 0.1) is 0 Å². The topological polar surface area (TPSA) is 177 Å². The quantitative estimate of drug-likeness (QED) is 0.184. The summed E-state index contributed by atoms with van der Waals surface area (Å²) in [6.07, 6.45) is 1.07. The molecule has 0 bridgehead atoms. The van der Waals surface area contributed by atoms with Crippen molar-refractivity contribution in [3.05, 3.63) is 22.3 Å². The molecule has 0 radical (unpaired) electrons. The summed E-state index contributed by atoms with van der Waals surface area (Å²) in [5.74, 6) is -3.62. The number of rotatable bonds is 9. The van der Waals surface area contributed by atoms with E-state index in [1.54, 1.807) is 6.92 Å². The van der Waals surface area contributed by atoms with Gasteiger partial charge < -0.3 is 25.3 Å². The zero-order chi connectivity index (χ0) is 25.0. The van der Waals surface area contributed by atoms with Gasteiger partial charge in [0.25, 0.3) is 5.91 Å². The van der Waals surface area contributed by atoms with E-state index in [1.165, 1.54) is 12.5 Å². The maximum absolute atomic E-state index is 12.7. The number of fused-ring (bicyclic) bond motifs is 1. The second-order valence-electron chi connectivity index (χ2n) is 6.98. The van der Waals surface area contributed by atoms with Gasteiger partial charge >= 0.3 is 11.9 Å². The number of hydrogen-bond acceptors (Lipinski definition) is 11. The molecule has 2 aliphatic heterocycles. The lowest BCUT2D eigenvalue weighted by molar-refractivity contribution is -0.146. The highest BCUT2D eigenvalue weighted by atomic mass is 32.2. The number of nitrogens with one attached hydrogen (secondary N) is 2. The zero-order valence-electron chi connectivity index (χ0n) is 18.3. The van der Waals surface area contributed by atoms with Gasteiger partial charge in [0.2, 0.25) is 11.8 Å². The Morgan fingerprint density at radius 1 is 1.41 bits per heavy atom. The molecule has 0 saturated carbocycles. The minimum absolute atomic E-state index is 0.0235. The number of aromatic nitrogens is 1. The Labute approximate surface area is 201 Å². The molecule has 13 nitrogen and oxygen atoms in total. The molecule has 0 aliphatic carbocycles. The first kappa shape index (κ1) is 25.2. The van der Waals surface area contributed by atoms with Crippen LogP contribution >= 0.6 is 23.1 Å². The second-order valence-corrected chi connectivity index (χ2v) is 9.23. The number of oxime groups is 1. The maximum atomic E-state index is 12.7. The molecule has 1 saturated heterocycles. The van der Waals surface area contributed by atoms with Crippen LogP contribution in [0.15, 0.2) is 21.8 Å². The lowest BCUT2D eigenvalue weighted by Gasteiger charge is -2.51. The molecule has 0 aromatic carbocycles. The lowest BCUT2D eigenvalue weighted by atomic mass is 9.97. The molecule has 3 rings (SSSR count). The third-order valence-electron chi connectivity index (χ3n) is 4.80. The number of aliphatic carboxylic acids is 1. The smallest absolute Gasteiger partial charge is 0.352 e. The Balaban J connectivity index is 2.21. The summed E-state index contributed by atoms with van der Waals surface area (Å²) >= 11 is 2.12. The highest BCUT2D eigenvalue weighted by Gasteiger charge is 2.57. The van der Waals surface area contributed by atoms with Crippen LogP contribution in [0.4, 0.5) is 5.13 Å². The van der Waals surface area contributed by atoms with Crippen LogP contribution in [-0.2, 0) is 38.4 Å². The summed E-state index contributed by atoms with van der Waals surface area (Å²) in [5.41, 5.74) is -0.326. The molecule has 1 fully saturated rings. The van der Waals surface area contributed by atoms with E-state index in [0.29, 0.717) is 0 Å². The average Bonchev–Trinajstić information content (AvgIpc) is 3.24. The fraction of sp³-hybridized carbons (Fsp3) is 0.421. The number of ether oxygens (including phenoxy) is 1. The van der Waals surface area contributed by atoms with E-state index in [2.05, 4.69) is 25.6 Å². The highest BCUT2D eigenvalue weighted by Crippen LogP contribution is 2.54. The van der Waals surface area contributed by atoms with Gasteiger partial charge in [-0.15, -0.1) is 11.3 Å². The standard InChI is InChI=1S/C19H21N5O8S2/c1-4-12(26)22-18-21-11(8-33-18)19(23-13(27)6-20-31-3)10(7-32-9(2)25)16(17(29)30)24-14(28)5-15(24)34-19/h6,8,15H,4-5,7H2,1-3H3,(H,23,27)(H,29,30)(H,21,22,26)/t15-,19?/m1/s1. The van der Waals surface area contributed by atoms with Gasteiger partial charge in [-0.1, -0.05) is 23.8 Å². The van der Waals surface area contributed by atoms with Gasteiger partial charge in [-0.2, -0.15) is 0 Å². The van der Waals surface area contributed by atoms with E-state index in [4.69, 9.17) is 4.74 Å². The van der Waals surface area contributed by atoms with Crippen molar-refractivity contribution in [3.8, 4) is 0 Å². The number of thiazole rings is 1. The zero-order valence-corrected chi connectivity index (χ0v) is 19.9. The molecule has 2 aliphatic rings. The summed E-state index contributed by atoms with van der Waals surface area (Å²) in [7, 11) is 1.24. The third-order valence-corrected chi connectivity index (χ3v) is 7.12. The molecular weight excluding hydrogens is 490 g/mol.